The summed E-state index contributed by atoms with van der Waals surface area (Å²) in [7, 11) is 0. The Morgan fingerprint density at radius 2 is 2.18 bits per heavy atom. The summed E-state index contributed by atoms with van der Waals surface area (Å²) in [5.74, 6) is 0.819. The maximum atomic E-state index is 4.51. The number of aryl methyl sites for hydroxylation is 2. The van der Waals surface area contributed by atoms with Crippen LogP contribution in [0.2, 0.25) is 0 Å². The minimum atomic E-state index is 0.819. The maximum Gasteiger partial charge on any atom is 0.234 e. The van der Waals surface area contributed by atoms with E-state index in [4.69, 9.17) is 0 Å². The fourth-order valence-electron chi connectivity index (χ4n) is 1.76. The molecule has 0 aliphatic rings. The molecule has 0 atom stereocenters. The highest BCUT2D eigenvalue weighted by Gasteiger charge is 2.12. The van der Waals surface area contributed by atoms with E-state index >= 15 is 0 Å². The van der Waals surface area contributed by atoms with Crippen LogP contribution in [0.25, 0.3) is 16.3 Å². The molecule has 2 aromatic heterocycles. The van der Waals surface area contributed by atoms with Gasteiger partial charge in [0.1, 0.15) is 5.01 Å². The standard InChI is InChI=1S/C12H12N4S/c1-3-10-15-16-11(13-14-12(16)17-10)9-6-4-5-8(2)7-9/h4-7H,3H2,1-2H3. The number of aromatic nitrogens is 4. The molecule has 3 rings (SSSR count). The van der Waals surface area contributed by atoms with Crippen LogP contribution >= 0.6 is 11.3 Å². The molecule has 0 radical (unpaired) electrons. The summed E-state index contributed by atoms with van der Waals surface area (Å²) in [6, 6.07) is 8.23. The average molecular weight is 244 g/mol. The van der Waals surface area contributed by atoms with Crippen LogP contribution in [-0.4, -0.2) is 19.8 Å². The summed E-state index contributed by atoms with van der Waals surface area (Å²) in [6.07, 6.45) is 0.932. The number of benzene rings is 1. The molecule has 0 bridgehead atoms. The molecule has 0 saturated carbocycles. The van der Waals surface area contributed by atoms with Crippen LogP contribution in [0.4, 0.5) is 0 Å². The van der Waals surface area contributed by atoms with Crippen molar-refractivity contribution in [2.24, 2.45) is 0 Å². The third-order valence-corrected chi connectivity index (χ3v) is 3.65. The molecular weight excluding hydrogens is 232 g/mol. The van der Waals surface area contributed by atoms with Crippen molar-refractivity contribution in [1.29, 1.82) is 0 Å². The van der Waals surface area contributed by atoms with E-state index in [1.807, 2.05) is 16.6 Å². The third kappa shape index (κ3) is 1.72. The van der Waals surface area contributed by atoms with Crippen LogP contribution in [-0.2, 0) is 6.42 Å². The summed E-state index contributed by atoms with van der Waals surface area (Å²) in [6.45, 7) is 4.16. The average Bonchev–Trinajstić information content (AvgIpc) is 2.87. The van der Waals surface area contributed by atoms with Crippen LogP contribution in [0.1, 0.15) is 17.5 Å². The Kier molecular flexibility index (Phi) is 2.40. The number of nitrogens with zero attached hydrogens (tertiary/aromatic N) is 4. The molecule has 0 aliphatic carbocycles. The predicted octanol–water partition coefficient (Wildman–Crippen LogP) is 2.72. The fraction of sp³-hybridized carbons (Fsp3) is 0.250. The largest absolute Gasteiger partial charge is 0.234 e. The molecule has 0 unspecified atom stereocenters. The fourth-order valence-corrected chi connectivity index (χ4v) is 2.54. The summed E-state index contributed by atoms with van der Waals surface area (Å²) in [5.41, 5.74) is 2.27. The van der Waals surface area contributed by atoms with Crippen molar-refractivity contribution < 1.29 is 0 Å². The molecule has 5 heteroatoms. The minimum absolute atomic E-state index is 0.819. The van der Waals surface area contributed by atoms with Gasteiger partial charge in [-0.15, -0.1) is 10.2 Å². The molecule has 1 aromatic carbocycles. The quantitative estimate of drug-likeness (QED) is 0.696. The molecule has 3 aromatic rings. The first-order chi connectivity index (χ1) is 8.28. The van der Waals surface area contributed by atoms with Gasteiger partial charge >= 0.3 is 0 Å². The molecule has 0 fully saturated rings. The highest BCUT2D eigenvalue weighted by Crippen LogP contribution is 2.22. The predicted molar refractivity (Wildman–Crippen MR) is 68.2 cm³/mol. The topological polar surface area (TPSA) is 43.1 Å². The lowest BCUT2D eigenvalue weighted by Gasteiger charge is -1.98. The van der Waals surface area contributed by atoms with E-state index < -0.39 is 0 Å². The number of rotatable bonds is 2. The van der Waals surface area contributed by atoms with Crippen LogP contribution in [0.3, 0.4) is 0 Å². The Morgan fingerprint density at radius 3 is 2.94 bits per heavy atom. The zero-order valence-corrected chi connectivity index (χ0v) is 10.5. The van der Waals surface area contributed by atoms with E-state index in [1.165, 1.54) is 5.56 Å². The normalized spacial score (nSPS) is 11.2. The van der Waals surface area contributed by atoms with Gasteiger partial charge in [0.2, 0.25) is 4.96 Å². The lowest BCUT2D eigenvalue weighted by Crippen LogP contribution is -1.92. The van der Waals surface area contributed by atoms with Crippen molar-refractivity contribution in [3.8, 4) is 11.4 Å². The Hall–Kier alpha value is -1.75. The summed E-state index contributed by atoms with van der Waals surface area (Å²) < 4.78 is 1.83. The number of hydrogen-bond acceptors (Lipinski definition) is 4. The maximum absolute atomic E-state index is 4.51. The van der Waals surface area contributed by atoms with E-state index in [2.05, 4.69) is 41.3 Å². The first-order valence-corrected chi connectivity index (χ1v) is 6.37. The monoisotopic (exact) mass is 244 g/mol. The van der Waals surface area contributed by atoms with Gasteiger partial charge in [0.15, 0.2) is 5.82 Å². The van der Waals surface area contributed by atoms with Crippen LogP contribution in [0.15, 0.2) is 24.3 Å². The first-order valence-electron chi connectivity index (χ1n) is 5.56. The summed E-state index contributed by atoms with van der Waals surface area (Å²) in [5, 5.41) is 14.0. The van der Waals surface area contributed by atoms with Gasteiger partial charge in [-0.3, -0.25) is 0 Å². The lowest BCUT2D eigenvalue weighted by atomic mass is 10.1. The third-order valence-electron chi connectivity index (χ3n) is 2.61. The molecule has 0 saturated heterocycles. The van der Waals surface area contributed by atoms with Crippen LogP contribution in [0.5, 0.6) is 0 Å². The lowest BCUT2D eigenvalue weighted by molar-refractivity contribution is 0.907. The molecule has 2 heterocycles. The van der Waals surface area contributed by atoms with E-state index in [-0.39, 0.29) is 0 Å². The number of hydrogen-bond donors (Lipinski definition) is 0. The van der Waals surface area contributed by atoms with Gasteiger partial charge in [0.25, 0.3) is 0 Å². The first kappa shape index (κ1) is 10.4. The second-order valence-electron chi connectivity index (χ2n) is 3.94. The van der Waals surface area contributed by atoms with Crippen molar-refractivity contribution in [2.75, 3.05) is 0 Å². The second kappa shape index (κ2) is 3.92. The smallest absolute Gasteiger partial charge is 0.183 e. The van der Waals surface area contributed by atoms with Crippen molar-refractivity contribution >= 4 is 16.3 Å². The van der Waals surface area contributed by atoms with Gasteiger partial charge < -0.3 is 0 Å². The molecule has 17 heavy (non-hydrogen) atoms. The van der Waals surface area contributed by atoms with E-state index in [0.29, 0.717) is 0 Å². The van der Waals surface area contributed by atoms with Gasteiger partial charge in [0, 0.05) is 5.56 Å². The molecular formula is C12H12N4S. The Bertz CT molecular complexity index is 668. The van der Waals surface area contributed by atoms with Crippen molar-refractivity contribution in [1.82, 2.24) is 19.8 Å². The van der Waals surface area contributed by atoms with E-state index in [9.17, 15) is 0 Å². The van der Waals surface area contributed by atoms with Crippen LogP contribution in [0, 0.1) is 6.92 Å². The molecule has 0 N–H and O–H groups in total. The summed E-state index contributed by atoms with van der Waals surface area (Å²) in [4.78, 5) is 0.860. The summed E-state index contributed by atoms with van der Waals surface area (Å²) >= 11 is 1.60. The highest BCUT2D eigenvalue weighted by atomic mass is 32.1. The van der Waals surface area contributed by atoms with Gasteiger partial charge in [0.05, 0.1) is 0 Å². The zero-order chi connectivity index (χ0) is 11.8. The van der Waals surface area contributed by atoms with E-state index in [1.54, 1.807) is 11.3 Å². The minimum Gasteiger partial charge on any atom is -0.183 e. The van der Waals surface area contributed by atoms with E-state index in [0.717, 1.165) is 27.8 Å². The van der Waals surface area contributed by atoms with Gasteiger partial charge in [-0.1, -0.05) is 42.0 Å². The second-order valence-corrected chi connectivity index (χ2v) is 4.98. The number of fused-ring (bicyclic) bond motifs is 1. The van der Waals surface area contributed by atoms with Crippen molar-refractivity contribution in [3.63, 3.8) is 0 Å². The Labute approximate surface area is 103 Å². The van der Waals surface area contributed by atoms with Gasteiger partial charge in [-0.05, 0) is 19.4 Å². The highest BCUT2D eigenvalue weighted by molar-refractivity contribution is 7.16. The van der Waals surface area contributed by atoms with Crippen LogP contribution < -0.4 is 0 Å². The molecule has 0 amide bonds. The SMILES string of the molecule is CCc1nn2c(-c3cccc(C)c3)nnc2s1. The van der Waals surface area contributed by atoms with Crippen molar-refractivity contribution in [3.05, 3.63) is 34.8 Å². The Balaban J connectivity index is 2.19. The Morgan fingerprint density at radius 1 is 1.29 bits per heavy atom. The van der Waals surface area contributed by atoms with Gasteiger partial charge in [-0.2, -0.15) is 9.61 Å². The van der Waals surface area contributed by atoms with Gasteiger partial charge in [-0.25, -0.2) is 0 Å². The molecule has 4 nitrogen and oxygen atoms in total. The van der Waals surface area contributed by atoms with Crippen molar-refractivity contribution in [2.45, 2.75) is 20.3 Å². The molecule has 0 aliphatic heterocycles. The zero-order valence-electron chi connectivity index (χ0n) is 9.71. The molecule has 0 spiro atoms. The molecule has 86 valence electrons.